The van der Waals surface area contributed by atoms with Crippen LogP contribution in [0.15, 0.2) is 11.0 Å². The molecule has 2 rings (SSSR count). The van der Waals surface area contributed by atoms with Crippen molar-refractivity contribution in [1.29, 1.82) is 0 Å². The molecule has 2 heterocycles. The van der Waals surface area contributed by atoms with Crippen LogP contribution >= 0.6 is 11.3 Å². The van der Waals surface area contributed by atoms with Crippen molar-refractivity contribution < 1.29 is 9.90 Å². The lowest BCUT2D eigenvalue weighted by Crippen LogP contribution is -2.23. The van der Waals surface area contributed by atoms with E-state index in [4.69, 9.17) is 5.11 Å². The minimum absolute atomic E-state index is 0.280. The molecule has 0 saturated heterocycles. The van der Waals surface area contributed by atoms with Crippen molar-refractivity contribution in [3.63, 3.8) is 0 Å². The molecule has 90 valence electrons. The number of aromatic nitrogens is 2. The maximum absolute atomic E-state index is 12.0. The van der Waals surface area contributed by atoms with Crippen molar-refractivity contribution >= 4 is 22.3 Å². The molecular formula is C11H12N2O3S. The quantitative estimate of drug-likeness (QED) is 0.900. The smallest absolute Gasteiger partial charge is 0.342 e. The van der Waals surface area contributed by atoms with Gasteiger partial charge in [0.2, 0.25) is 0 Å². The average molecular weight is 252 g/mol. The van der Waals surface area contributed by atoms with E-state index in [0.29, 0.717) is 11.4 Å². The first kappa shape index (κ1) is 11.8. The molecule has 0 radical (unpaired) electrons. The van der Waals surface area contributed by atoms with Crippen LogP contribution < -0.4 is 5.56 Å². The molecule has 2 aromatic heterocycles. The third-order valence-electron chi connectivity index (χ3n) is 2.62. The fraction of sp³-hybridized carbons (Fsp3) is 0.364. The zero-order valence-corrected chi connectivity index (χ0v) is 10.4. The summed E-state index contributed by atoms with van der Waals surface area (Å²) < 4.78 is 1.42. The van der Waals surface area contributed by atoms with E-state index in [1.165, 1.54) is 15.7 Å². The van der Waals surface area contributed by atoms with E-state index in [1.807, 2.05) is 13.8 Å². The summed E-state index contributed by atoms with van der Waals surface area (Å²) in [4.78, 5) is 28.6. The van der Waals surface area contributed by atoms with Crippen molar-refractivity contribution in [2.24, 2.45) is 0 Å². The summed E-state index contributed by atoms with van der Waals surface area (Å²) in [5, 5.41) is 8.90. The first-order chi connectivity index (χ1) is 8.10. The van der Waals surface area contributed by atoms with Gasteiger partial charge in [-0.2, -0.15) is 0 Å². The third kappa shape index (κ3) is 1.74. The summed E-state index contributed by atoms with van der Waals surface area (Å²) >= 11 is 1.44. The van der Waals surface area contributed by atoms with Crippen molar-refractivity contribution in [2.45, 2.75) is 26.7 Å². The molecule has 1 N–H and O–H groups in total. The number of hydrogen-bond acceptors (Lipinski definition) is 4. The summed E-state index contributed by atoms with van der Waals surface area (Å²) in [6.07, 6.45) is 2.64. The maximum Gasteiger partial charge on any atom is 0.342 e. The van der Waals surface area contributed by atoms with Crippen molar-refractivity contribution in [2.75, 3.05) is 0 Å². The maximum atomic E-state index is 12.0. The predicted molar refractivity (Wildman–Crippen MR) is 65.1 cm³/mol. The lowest BCUT2D eigenvalue weighted by atomic mass is 10.2. The Balaban J connectivity index is 2.88. The highest BCUT2D eigenvalue weighted by Crippen LogP contribution is 2.21. The number of rotatable bonds is 3. The lowest BCUT2D eigenvalue weighted by Gasteiger charge is -2.00. The highest BCUT2D eigenvalue weighted by molar-refractivity contribution is 7.17. The van der Waals surface area contributed by atoms with Crippen LogP contribution in [0.4, 0.5) is 0 Å². The number of fused-ring (bicyclic) bond motifs is 1. The fourth-order valence-electron chi connectivity index (χ4n) is 1.82. The second-order valence-electron chi connectivity index (χ2n) is 3.58. The minimum atomic E-state index is -1.23. The van der Waals surface area contributed by atoms with E-state index >= 15 is 0 Å². The molecule has 5 nitrogen and oxygen atoms in total. The Bertz CT molecular complexity index is 642. The minimum Gasteiger partial charge on any atom is -0.477 e. The van der Waals surface area contributed by atoms with E-state index in [-0.39, 0.29) is 5.56 Å². The van der Waals surface area contributed by atoms with E-state index in [1.54, 1.807) is 0 Å². The van der Waals surface area contributed by atoms with Crippen LogP contribution in [-0.2, 0) is 12.8 Å². The Hall–Kier alpha value is -1.69. The van der Waals surface area contributed by atoms with Gasteiger partial charge >= 0.3 is 5.97 Å². The Labute approximate surface area is 101 Å². The second kappa shape index (κ2) is 4.29. The predicted octanol–water partition coefficient (Wildman–Crippen LogP) is 1.58. The number of hydrogen-bond donors (Lipinski definition) is 1. The van der Waals surface area contributed by atoms with Crippen LogP contribution in [0.2, 0.25) is 0 Å². The van der Waals surface area contributed by atoms with Crippen molar-refractivity contribution in [3.05, 3.63) is 32.7 Å². The SMILES string of the molecule is CCc1sc2ncc(C(=O)O)c(=O)n2c1CC. The molecule has 0 aromatic carbocycles. The standard InChI is InChI=1S/C11H12N2O3S/c1-3-7-8(4-2)17-11-12-5-6(10(15)16)9(14)13(7)11/h5H,3-4H2,1-2H3,(H,15,16). The van der Waals surface area contributed by atoms with E-state index in [9.17, 15) is 9.59 Å². The molecule has 0 aliphatic carbocycles. The molecule has 0 atom stereocenters. The first-order valence-corrected chi connectivity index (χ1v) is 6.17. The number of aromatic carboxylic acids is 1. The molecule has 0 aliphatic rings. The van der Waals surface area contributed by atoms with E-state index in [2.05, 4.69) is 4.98 Å². The number of carboxylic acids is 1. The highest BCUT2D eigenvalue weighted by Gasteiger charge is 2.17. The summed E-state index contributed by atoms with van der Waals surface area (Å²) in [6, 6.07) is 0. The lowest BCUT2D eigenvalue weighted by molar-refractivity contribution is 0.0694. The van der Waals surface area contributed by atoms with Gasteiger partial charge in [-0.1, -0.05) is 13.8 Å². The van der Waals surface area contributed by atoms with Crippen molar-refractivity contribution in [3.8, 4) is 0 Å². The zero-order valence-electron chi connectivity index (χ0n) is 9.56. The van der Waals surface area contributed by atoms with Crippen LogP contribution in [0, 0.1) is 0 Å². The van der Waals surface area contributed by atoms with Crippen LogP contribution in [0.3, 0.4) is 0 Å². The molecule has 0 bridgehead atoms. The largest absolute Gasteiger partial charge is 0.477 e. The number of carbonyl (C=O) groups is 1. The fourth-order valence-corrected chi connectivity index (χ4v) is 2.93. The Morgan fingerprint density at radius 2 is 2.18 bits per heavy atom. The number of thiazole rings is 1. The zero-order chi connectivity index (χ0) is 12.6. The molecule has 0 saturated carbocycles. The summed E-state index contributed by atoms with van der Waals surface area (Å²) in [7, 11) is 0. The topological polar surface area (TPSA) is 71.7 Å². The van der Waals surface area contributed by atoms with Gasteiger partial charge in [-0.25, -0.2) is 9.78 Å². The molecular weight excluding hydrogens is 240 g/mol. The highest BCUT2D eigenvalue weighted by atomic mass is 32.1. The Morgan fingerprint density at radius 3 is 2.71 bits per heavy atom. The van der Waals surface area contributed by atoms with Gasteiger partial charge < -0.3 is 5.11 Å². The van der Waals surface area contributed by atoms with Crippen LogP contribution in [-0.4, -0.2) is 20.5 Å². The van der Waals surface area contributed by atoms with Crippen molar-refractivity contribution in [1.82, 2.24) is 9.38 Å². The molecule has 0 amide bonds. The number of carboxylic acid groups (broad SMARTS) is 1. The third-order valence-corrected chi connectivity index (χ3v) is 3.86. The van der Waals surface area contributed by atoms with Gasteiger partial charge in [-0.05, 0) is 12.8 Å². The van der Waals surface area contributed by atoms with Gasteiger partial charge in [0.25, 0.3) is 5.56 Å². The van der Waals surface area contributed by atoms with Gasteiger partial charge in [0.1, 0.15) is 5.56 Å². The second-order valence-corrected chi connectivity index (χ2v) is 4.64. The molecule has 2 aromatic rings. The van der Waals surface area contributed by atoms with Crippen LogP contribution in [0.25, 0.3) is 4.96 Å². The summed E-state index contributed by atoms with van der Waals surface area (Å²) in [6.45, 7) is 3.95. The number of nitrogens with zero attached hydrogens (tertiary/aromatic N) is 2. The van der Waals surface area contributed by atoms with E-state index < -0.39 is 11.5 Å². The molecule has 17 heavy (non-hydrogen) atoms. The van der Waals surface area contributed by atoms with Gasteiger partial charge in [-0.15, -0.1) is 11.3 Å². The monoisotopic (exact) mass is 252 g/mol. The Morgan fingerprint density at radius 1 is 1.47 bits per heavy atom. The van der Waals surface area contributed by atoms with E-state index in [0.717, 1.165) is 23.2 Å². The molecule has 0 fully saturated rings. The van der Waals surface area contributed by atoms with Gasteiger partial charge in [0.05, 0.1) is 6.20 Å². The van der Waals surface area contributed by atoms with Gasteiger partial charge in [-0.3, -0.25) is 9.20 Å². The summed E-state index contributed by atoms with van der Waals surface area (Å²) in [5.74, 6) is -1.23. The molecule has 6 heteroatoms. The molecule has 0 aliphatic heterocycles. The van der Waals surface area contributed by atoms with Crippen LogP contribution in [0.5, 0.6) is 0 Å². The summed E-state index contributed by atoms with van der Waals surface area (Å²) in [5.41, 5.74) is 0.0982. The molecule has 0 spiro atoms. The number of aryl methyl sites for hydroxylation is 2. The van der Waals surface area contributed by atoms with Gasteiger partial charge in [0.15, 0.2) is 4.96 Å². The van der Waals surface area contributed by atoms with Gasteiger partial charge in [0, 0.05) is 10.6 Å². The molecule has 0 unspecified atom stereocenters. The normalized spacial score (nSPS) is 10.9. The van der Waals surface area contributed by atoms with Crippen LogP contribution in [0.1, 0.15) is 34.8 Å². The average Bonchev–Trinajstić information content (AvgIpc) is 2.67. The Kier molecular flexibility index (Phi) is 2.97. The first-order valence-electron chi connectivity index (χ1n) is 5.35.